The first-order chi connectivity index (χ1) is 9.90. The standard InChI is InChI=1S/C12H14FN5O2S/c1-7(2)17-11(14)15-16-12(17)21-6-8-3-4-10(18(19)20)9(13)5-8/h3-5,7H,6H2,1-2H3,(H2,14,15). The predicted molar refractivity (Wildman–Crippen MR) is 77.4 cm³/mol. The van der Waals surface area contributed by atoms with Gasteiger partial charge >= 0.3 is 5.69 Å². The first kappa shape index (κ1) is 15.2. The summed E-state index contributed by atoms with van der Waals surface area (Å²) in [5, 5.41) is 19.0. The summed E-state index contributed by atoms with van der Waals surface area (Å²) in [6.07, 6.45) is 0. The van der Waals surface area contributed by atoms with Crippen molar-refractivity contribution in [1.82, 2.24) is 14.8 Å². The Hall–Kier alpha value is -2.16. The molecule has 0 saturated heterocycles. The number of nitrogens with two attached hydrogens (primary N) is 1. The molecule has 0 radical (unpaired) electrons. The zero-order valence-electron chi connectivity index (χ0n) is 11.5. The van der Waals surface area contributed by atoms with E-state index in [1.165, 1.54) is 17.8 Å². The highest BCUT2D eigenvalue weighted by molar-refractivity contribution is 7.98. The molecule has 2 aromatic rings. The number of aromatic nitrogens is 3. The first-order valence-corrected chi connectivity index (χ1v) is 7.14. The molecule has 21 heavy (non-hydrogen) atoms. The Kier molecular flexibility index (Phi) is 4.41. The average Bonchev–Trinajstić information content (AvgIpc) is 2.77. The van der Waals surface area contributed by atoms with Crippen LogP contribution in [0.2, 0.25) is 0 Å². The van der Waals surface area contributed by atoms with Gasteiger partial charge in [-0.3, -0.25) is 14.7 Å². The van der Waals surface area contributed by atoms with Crippen LogP contribution in [0.1, 0.15) is 25.5 Å². The summed E-state index contributed by atoms with van der Waals surface area (Å²) in [7, 11) is 0. The van der Waals surface area contributed by atoms with Gasteiger partial charge in [-0.2, -0.15) is 4.39 Å². The van der Waals surface area contributed by atoms with E-state index in [1.54, 1.807) is 4.57 Å². The number of anilines is 1. The number of hydrogen-bond donors (Lipinski definition) is 1. The molecule has 2 N–H and O–H groups in total. The second-order valence-corrected chi connectivity index (χ2v) is 5.58. The molecular weight excluding hydrogens is 297 g/mol. The molecule has 7 nitrogen and oxygen atoms in total. The topological polar surface area (TPSA) is 99.9 Å². The summed E-state index contributed by atoms with van der Waals surface area (Å²) in [4.78, 5) is 9.81. The summed E-state index contributed by atoms with van der Waals surface area (Å²) in [6, 6.07) is 3.95. The van der Waals surface area contributed by atoms with Gasteiger partial charge in [0, 0.05) is 17.9 Å². The van der Waals surface area contributed by atoms with E-state index in [4.69, 9.17) is 5.73 Å². The van der Waals surface area contributed by atoms with Crippen LogP contribution in [-0.2, 0) is 5.75 Å². The molecule has 0 unspecified atom stereocenters. The number of nitrogens with zero attached hydrogens (tertiary/aromatic N) is 4. The Morgan fingerprint density at radius 1 is 1.48 bits per heavy atom. The summed E-state index contributed by atoms with van der Waals surface area (Å²) in [5.41, 5.74) is 5.83. The number of hydrogen-bond acceptors (Lipinski definition) is 6. The van der Waals surface area contributed by atoms with E-state index in [9.17, 15) is 14.5 Å². The van der Waals surface area contributed by atoms with Crippen LogP contribution < -0.4 is 5.73 Å². The molecular formula is C12H14FN5O2S. The van der Waals surface area contributed by atoms with E-state index < -0.39 is 16.4 Å². The van der Waals surface area contributed by atoms with Crippen LogP contribution in [0.5, 0.6) is 0 Å². The van der Waals surface area contributed by atoms with E-state index in [2.05, 4.69) is 10.2 Å². The van der Waals surface area contributed by atoms with Crippen LogP contribution in [0.15, 0.2) is 23.4 Å². The van der Waals surface area contributed by atoms with E-state index in [1.807, 2.05) is 13.8 Å². The molecule has 0 spiro atoms. The maximum absolute atomic E-state index is 13.5. The molecule has 1 heterocycles. The Labute approximate surface area is 124 Å². The number of rotatable bonds is 5. The lowest BCUT2D eigenvalue weighted by Crippen LogP contribution is -2.07. The molecule has 0 saturated carbocycles. The minimum absolute atomic E-state index is 0.107. The fraction of sp³-hybridized carbons (Fsp3) is 0.333. The van der Waals surface area contributed by atoms with Gasteiger partial charge in [0.1, 0.15) is 0 Å². The van der Waals surface area contributed by atoms with Gasteiger partial charge in [0.05, 0.1) is 4.92 Å². The van der Waals surface area contributed by atoms with Crippen LogP contribution in [0.3, 0.4) is 0 Å². The van der Waals surface area contributed by atoms with Crippen molar-refractivity contribution in [2.75, 3.05) is 5.73 Å². The summed E-state index contributed by atoms with van der Waals surface area (Å²) in [5.74, 6) is -0.106. The van der Waals surface area contributed by atoms with Crippen LogP contribution in [0.4, 0.5) is 16.0 Å². The minimum atomic E-state index is -0.844. The van der Waals surface area contributed by atoms with Crippen LogP contribution in [-0.4, -0.2) is 19.7 Å². The van der Waals surface area contributed by atoms with Gasteiger partial charge in [-0.15, -0.1) is 10.2 Å². The smallest absolute Gasteiger partial charge is 0.304 e. The van der Waals surface area contributed by atoms with Crippen molar-refractivity contribution < 1.29 is 9.31 Å². The molecule has 2 rings (SSSR count). The zero-order chi connectivity index (χ0) is 15.6. The highest BCUT2D eigenvalue weighted by atomic mass is 32.2. The second kappa shape index (κ2) is 6.08. The fourth-order valence-electron chi connectivity index (χ4n) is 1.81. The van der Waals surface area contributed by atoms with Gasteiger partial charge in [0.25, 0.3) is 0 Å². The number of nitrogen functional groups attached to an aromatic ring is 1. The normalized spacial score (nSPS) is 11.0. The fourth-order valence-corrected chi connectivity index (χ4v) is 2.83. The molecule has 0 atom stereocenters. The van der Waals surface area contributed by atoms with Crippen molar-refractivity contribution in [3.8, 4) is 0 Å². The third-order valence-corrected chi connectivity index (χ3v) is 3.80. The molecule has 0 fully saturated rings. The zero-order valence-corrected chi connectivity index (χ0v) is 12.3. The van der Waals surface area contributed by atoms with Gasteiger partial charge in [0.15, 0.2) is 5.16 Å². The van der Waals surface area contributed by atoms with Crippen molar-refractivity contribution in [2.24, 2.45) is 0 Å². The van der Waals surface area contributed by atoms with Crippen molar-refractivity contribution in [2.45, 2.75) is 30.8 Å². The third-order valence-electron chi connectivity index (χ3n) is 2.78. The van der Waals surface area contributed by atoms with Crippen molar-refractivity contribution >= 4 is 23.4 Å². The lowest BCUT2D eigenvalue weighted by atomic mass is 10.2. The lowest BCUT2D eigenvalue weighted by Gasteiger charge is -2.11. The summed E-state index contributed by atoms with van der Waals surface area (Å²) in [6.45, 7) is 3.91. The highest BCUT2D eigenvalue weighted by Crippen LogP contribution is 2.27. The lowest BCUT2D eigenvalue weighted by molar-refractivity contribution is -0.387. The van der Waals surface area contributed by atoms with E-state index >= 15 is 0 Å². The van der Waals surface area contributed by atoms with Crippen LogP contribution in [0, 0.1) is 15.9 Å². The third kappa shape index (κ3) is 3.30. The molecule has 1 aromatic heterocycles. The summed E-state index contributed by atoms with van der Waals surface area (Å²) >= 11 is 1.35. The van der Waals surface area contributed by atoms with Gasteiger partial charge in [0.2, 0.25) is 11.8 Å². The van der Waals surface area contributed by atoms with Crippen LogP contribution >= 0.6 is 11.8 Å². The molecule has 112 valence electrons. The van der Waals surface area contributed by atoms with E-state index in [0.29, 0.717) is 22.4 Å². The number of halogens is 1. The SMILES string of the molecule is CC(C)n1c(N)nnc1SCc1ccc([N+](=O)[O-])c(F)c1. The molecule has 9 heteroatoms. The first-order valence-electron chi connectivity index (χ1n) is 6.16. The quantitative estimate of drug-likeness (QED) is 0.518. The van der Waals surface area contributed by atoms with Gasteiger partial charge < -0.3 is 5.73 Å². The number of benzene rings is 1. The maximum Gasteiger partial charge on any atom is 0.304 e. The monoisotopic (exact) mass is 311 g/mol. The largest absolute Gasteiger partial charge is 0.368 e. The Morgan fingerprint density at radius 2 is 2.19 bits per heavy atom. The second-order valence-electron chi connectivity index (χ2n) is 4.64. The molecule has 0 aliphatic rings. The molecule has 0 bridgehead atoms. The molecule has 0 aliphatic heterocycles. The number of nitro benzene ring substituents is 1. The summed E-state index contributed by atoms with van der Waals surface area (Å²) < 4.78 is 15.3. The van der Waals surface area contributed by atoms with Crippen molar-refractivity contribution in [3.63, 3.8) is 0 Å². The molecule has 0 aliphatic carbocycles. The van der Waals surface area contributed by atoms with Crippen LogP contribution in [0.25, 0.3) is 0 Å². The van der Waals surface area contributed by atoms with Crippen molar-refractivity contribution in [1.29, 1.82) is 0 Å². The number of thioether (sulfide) groups is 1. The van der Waals surface area contributed by atoms with Gasteiger partial charge in [-0.1, -0.05) is 17.8 Å². The van der Waals surface area contributed by atoms with Crippen molar-refractivity contribution in [3.05, 3.63) is 39.7 Å². The Bertz CT molecular complexity index is 674. The molecule has 1 aromatic carbocycles. The maximum atomic E-state index is 13.5. The predicted octanol–water partition coefficient (Wildman–Crippen LogP) is 2.78. The minimum Gasteiger partial charge on any atom is -0.368 e. The van der Waals surface area contributed by atoms with Gasteiger partial charge in [-0.25, -0.2) is 0 Å². The number of nitro groups is 1. The Morgan fingerprint density at radius 3 is 2.76 bits per heavy atom. The van der Waals surface area contributed by atoms with E-state index in [0.717, 1.165) is 12.1 Å². The highest BCUT2D eigenvalue weighted by Gasteiger charge is 2.16. The van der Waals surface area contributed by atoms with E-state index in [-0.39, 0.29) is 6.04 Å². The Balaban J connectivity index is 2.14. The average molecular weight is 311 g/mol. The molecule has 0 amide bonds. The van der Waals surface area contributed by atoms with Gasteiger partial charge in [-0.05, 0) is 25.5 Å².